The number of esters is 4. The number of hydrogen-bond donors (Lipinski definition) is 0. The zero-order valence-electron chi connectivity index (χ0n) is 47.7. The molecule has 0 atom stereocenters. The first-order valence-electron chi connectivity index (χ1n) is 24.9. The highest BCUT2D eigenvalue weighted by Gasteiger charge is 2.30. The Labute approximate surface area is 449 Å². The second kappa shape index (κ2) is 26.3. The van der Waals surface area contributed by atoms with E-state index in [9.17, 15) is 28.8 Å². The molecule has 0 aliphatic carbocycles. The summed E-state index contributed by atoms with van der Waals surface area (Å²) >= 11 is 0. The minimum absolute atomic E-state index is 0.152. The van der Waals surface area contributed by atoms with E-state index in [2.05, 4.69) is 6.58 Å². The van der Waals surface area contributed by atoms with Crippen molar-refractivity contribution in [1.82, 2.24) is 0 Å². The van der Waals surface area contributed by atoms with E-state index in [0.29, 0.717) is 56.8 Å². The molecule has 0 amide bonds. The molecule has 410 valence electrons. The number of aryl methyl sites for hydroxylation is 1. The molecule has 4 aromatic carbocycles. The van der Waals surface area contributed by atoms with Crippen molar-refractivity contribution in [3.63, 3.8) is 0 Å². The van der Waals surface area contributed by atoms with Gasteiger partial charge in [-0.3, -0.25) is 28.8 Å². The number of carbonyl (C=O) groups is 6. The molecule has 0 N–H and O–H groups in total. The average molecular weight is 1050 g/mol. The molecule has 0 aromatic heterocycles. The monoisotopic (exact) mass is 1050 g/mol. The number of allylic oxidation sites excluding steroid dienone is 3. The predicted molar refractivity (Wildman–Crippen MR) is 295 cm³/mol. The van der Waals surface area contributed by atoms with Crippen LogP contribution < -0.4 is 28.4 Å². The number of methoxy groups -OCH3 is 1. The Hall–Kier alpha value is -7.48. The maximum absolute atomic E-state index is 13.0. The Morgan fingerprint density at radius 1 is 0.513 bits per heavy atom. The van der Waals surface area contributed by atoms with Gasteiger partial charge in [0.2, 0.25) is 13.6 Å². The summed E-state index contributed by atoms with van der Waals surface area (Å²) in [6.07, 6.45) is 7.89. The van der Waals surface area contributed by atoms with E-state index in [4.69, 9.17) is 37.9 Å². The first-order valence-corrected chi connectivity index (χ1v) is 24.9. The number of hydrogen-bond acceptors (Lipinski definition) is 14. The highest BCUT2D eigenvalue weighted by molar-refractivity contribution is 6.07. The Morgan fingerprint density at radius 2 is 0.934 bits per heavy atom. The van der Waals surface area contributed by atoms with Gasteiger partial charge in [0.1, 0.15) is 34.5 Å². The molecule has 76 heavy (non-hydrogen) atoms. The summed E-state index contributed by atoms with van der Waals surface area (Å²) in [5.41, 5.74) is 0.691. The van der Waals surface area contributed by atoms with Gasteiger partial charge in [-0.05, 0) is 194 Å². The first kappa shape index (κ1) is 62.8. The number of benzene rings is 4. The van der Waals surface area contributed by atoms with Crippen LogP contribution >= 0.6 is 0 Å². The van der Waals surface area contributed by atoms with E-state index in [0.717, 1.165) is 11.1 Å². The van der Waals surface area contributed by atoms with Gasteiger partial charge < -0.3 is 37.9 Å². The van der Waals surface area contributed by atoms with Crippen LogP contribution in [0.25, 0.3) is 12.2 Å². The molecule has 14 heteroatoms. The fourth-order valence-corrected chi connectivity index (χ4v) is 6.09. The van der Waals surface area contributed by atoms with Gasteiger partial charge in [-0.2, -0.15) is 0 Å². The quantitative estimate of drug-likeness (QED) is 0.0216. The molecule has 0 spiro atoms. The first-order chi connectivity index (χ1) is 35.1. The van der Waals surface area contributed by atoms with Crippen LogP contribution in [0.1, 0.15) is 154 Å². The molecule has 0 fully saturated rings. The fraction of sp³-hybridized carbons (Fsp3) is 0.419. The topological polar surface area (TPSA) is 176 Å². The largest absolute Gasteiger partial charge is 0.496 e. The maximum Gasteiger partial charge on any atom is 0.316 e. The van der Waals surface area contributed by atoms with Crippen molar-refractivity contribution in [2.24, 2.45) is 21.7 Å². The molecule has 0 saturated carbocycles. The second-order valence-corrected chi connectivity index (χ2v) is 22.9. The molecule has 0 bridgehead atoms. The van der Waals surface area contributed by atoms with E-state index < -0.39 is 27.1 Å². The summed E-state index contributed by atoms with van der Waals surface area (Å²) in [4.78, 5) is 74.2. The third-order valence-electron chi connectivity index (χ3n) is 11.0. The summed E-state index contributed by atoms with van der Waals surface area (Å²) in [6, 6.07) is 20.0. The van der Waals surface area contributed by atoms with Crippen molar-refractivity contribution in [2.75, 3.05) is 20.7 Å². The minimum atomic E-state index is -0.694. The van der Waals surface area contributed by atoms with Gasteiger partial charge in [0.05, 0.1) is 34.9 Å². The highest BCUT2D eigenvalue weighted by Crippen LogP contribution is 2.40. The summed E-state index contributed by atoms with van der Waals surface area (Å²) in [5.74, 6) is 0.847. The number of ether oxygens (including phenoxy) is 8. The van der Waals surface area contributed by atoms with Gasteiger partial charge in [-0.1, -0.05) is 19.9 Å². The Balaban J connectivity index is 0.000000401. The average Bonchev–Trinajstić information content (AvgIpc) is 3.32. The van der Waals surface area contributed by atoms with Crippen molar-refractivity contribution in [1.29, 1.82) is 0 Å². The molecule has 4 aromatic rings. The summed E-state index contributed by atoms with van der Waals surface area (Å²) in [6.45, 7) is 34.4. The van der Waals surface area contributed by atoms with E-state index in [-0.39, 0.29) is 55.1 Å². The molecule has 0 radical (unpaired) electrons. The third-order valence-corrected chi connectivity index (χ3v) is 11.0. The standard InChI is InChI=1S/C33H42O6.C29H36O8/c1-12-33(10,11)25-19-23(27(37-21(2)3)20-28(25)39-30(36)32(7,8)9)15-18-26(34)22-13-16-24(17-14-22)38-29(35)31(4,5)6;1-19-15-21(25(33-8)16-24(19)35-18-37-27(32)29(5,6)7)11-14-23(30)20-9-12-22(13-10-20)34-17-36-26(31)28(2,3)4/h12-21H,1H2,2-11H3;9-16H,17-18H2,1-8H3/b18-15+;14-11+. The Bertz CT molecular complexity index is 2760. The van der Waals surface area contributed by atoms with Gasteiger partial charge >= 0.3 is 23.9 Å². The maximum atomic E-state index is 13.0. The lowest BCUT2D eigenvalue weighted by molar-refractivity contribution is -0.160. The SMILES string of the molecule is C=CC(C)(C)c1cc(/C=C/C(=O)c2ccc(OC(=O)C(C)(C)C)cc2)c(OC(C)C)cc1OC(=O)C(C)(C)C.COc1cc(OCOC(=O)C(C)(C)C)c(C)cc1/C=C/C(=O)c1ccc(OCOC(=O)C(C)(C)C)cc1. The molecular formula is C62H78O14. The molecule has 0 saturated heterocycles. The van der Waals surface area contributed by atoms with Crippen molar-refractivity contribution in [3.8, 4) is 34.5 Å². The number of rotatable bonds is 19. The van der Waals surface area contributed by atoms with Crippen molar-refractivity contribution >= 4 is 47.6 Å². The normalized spacial score (nSPS) is 12.0. The highest BCUT2D eigenvalue weighted by atomic mass is 16.7. The van der Waals surface area contributed by atoms with Gasteiger partial charge in [-0.25, -0.2) is 0 Å². The summed E-state index contributed by atoms with van der Waals surface area (Å²) in [7, 11) is 1.52. The van der Waals surface area contributed by atoms with E-state index in [1.165, 1.54) is 19.3 Å². The molecular weight excluding hydrogens is 969 g/mol. The minimum Gasteiger partial charge on any atom is -0.496 e. The van der Waals surface area contributed by atoms with Gasteiger partial charge in [0.15, 0.2) is 11.6 Å². The molecule has 0 unspecified atom stereocenters. The molecule has 0 aliphatic heterocycles. The van der Waals surface area contributed by atoms with Crippen LogP contribution in [0.15, 0.2) is 97.6 Å². The number of carbonyl (C=O) groups excluding carboxylic acids is 6. The van der Waals surface area contributed by atoms with Crippen LogP contribution in [0, 0.1) is 28.6 Å². The second-order valence-electron chi connectivity index (χ2n) is 22.9. The number of ketones is 2. The van der Waals surface area contributed by atoms with Crippen LogP contribution in [-0.2, 0) is 34.1 Å². The zero-order valence-corrected chi connectivity index (χ0v) is 47.7. The Kier molecular flexibility index (Phi) is 21.8. The molecule has 0 aliphatic rings. The lowest BCUT2D eigenvalue weighted by Crippen LogP contribution is -2.27. The van der Waals surface area contributed by atoms with Crippen LogP contribution in [0.2, 0.25) is 0 Å². The van der Waals surface area contributed by atoms with Crippen LogP contribution in [-0.4, -0.2) is 62.2 Å². The summed E-state index contributed by atoms with van der Waals surface area (Å²) in [5, 5.41) is 0. The van der Waals surface area contributed by atoms with Crippen molar-refractivity contribution < 1.29 is 66.7 Å². The van der Waals surface area contributed by atoms with Crippen LogP contribution in [0.4, 0.5) is 0 Å². The van der Waals surface area contributed by atoms with Crippen LogP contribution in [0.3, 0.4) is 0 Å². The van der Waals surface area contributed by atoms with Gasteiger partial charge in [-0.15, -0.1) is 6.58 Å². The van der Waals surface area contributed by atoms with E-state index in [1.54, 1.807) is 162 Å². The molecule has 0 heterocycles. The third kappa shape index (κ3) is 19.3. The van der Waals surface area contributed by atoms with Crippen LogP contribution in [0.5, 0.6) is 34.5 Å². The van der Waals surface area contributed by atoms with Gasteiger partial charge in [0.25, 0.3) is 0 Å². The lowest BCUT2D eigenvalue weighted by Gasteiger charge is -2.27. The van der Waals surface area contributed by atoms with Gasteiger partial charge in [0, 0.05) is 45.4 Å². The van der Waals surface area contributed by atoms with E-state index >= 15 is 0 Å². The van der Waals surface area contributed by atoms with Crippen molar-refractivity contribution in [3.05, 3.63) is 131 Å². The predicted octanol–water partition coefficient (Wildman–Crippen LogP) is 13.5. The smallest absolute Gasteiger partial charge is 0.316 e. The molecule has 14 nitrogen and oxygen atoms in total. The molecule has 4 rings (SSSR count). The van der Waals surface area contributed by atoms with Crippen molar-refractivity contribution in [2.45, 2.75) is 129 Å². The Morgan fingerprint density at radius 3 is 1.37 bits per heavy atom. The lowest BCUT2D eigenvalue weighted by atomic mass is 9.83. The summed E-state index contributed by atoms with van der Waals surface area (Å²) < 4.78 is 44.0. The fourth-order valence-electron chi connectivity index (χ4n) is 6.09. The zero-order chi connectivity index (χ0) is 57.6. The van der Waals surface area contributed by atoms with E-state index in [1.807, 2.05) is 46.8 Å².